The Bertz CT molecular complexity index is 788. The molecule has 0 radical (unpaired) electrons. The standard InChI is InChI=1S/C21H31NO5S/c1-12-13(2)19-16(14(3)18(12)26-15(4)25)7-8-21(6,27-19)9-17(28)22-20(5,10-23)11-24/h23-24H,7-11H2,1-6H3,(H,22,28). The molecule has 28 heavy (non-hydrogen) atoms. The van der Waals surface area contributed by atoms with Gasteiger partial charge in [0.15, 0.2) is 0 Å². The van der Waals surface area contributed by atoms with Crippen molar-refractivity contribution in [3.63, 3.8) is 0 Å². The summed E-state index contributed by atoms with van der Waals surface area (Å²) in [5, 5.41) is 22.0. The molecule has 0 amide bonds. The van der Waals surface area contributed by atoms with Gasteiger partial charge in [-0.15, -0.1) is 0 Å². The molecule has 3 N–H and O–H groups in total. The molecule has 156 valence electrons. The Morgan fingerprint density at radius 3 is 2.39 bits per heavy atom. The summed E-state index contributed by atoms with van der Waals surface area (Å²) in [5.41, 5.74) is 2.48. The lowest BCUT2D eigenvalue weighted by atomic mass is 9.85. The summed E-state index contributed by atoms with van der Waals surface area (Å²) in [4.78, 5) is 12.0. The number of aliphatic hydroxyl groups excluding tert-OH is 2. The van der Waals surface area contributed by atoms with Crippen LogP contribution in [0.2, 0.25) is 0 Å². The maximum absolute atomic E-state index is 11.5. The Balaban J connectivity index is 2.28. The predicted octanol–water partition coefficient (Wildman–Crippen LogP) is 2.67. The van der Waals surface area contributed by atoms with Crippen LogP contribution < -0.4 is 14.8 Å². The van der Waals surface area contributed by atoms with E-state index in [9.17, 15) is 15.0 Å². The summed E-state index contributed by atoms with van der Waals surface area (Å²) >= 11 is 5.47. The molecule has 0 saturated carbocycles. The zero-order chi connectivity index (χ0) is 21.3. The molecule has 2 rings (SSSR count). The van der Waals surface area contributed by atoms with Gasteiger partial charge in [0.2, 0.25) is 0 Å². The number of thiocarbonyl (C=S) groups is 1. The quantitative estimate of drug-likeness (QED) is 0.378. The number of hydrogen-bond donors (Lipinski definition) is 3. The van der Waals surface area contributed by atoms with Crippen LogP contribution >= 0.6 is 12.2 Å². The van der Waals surface area contributed by atoms with Gasteiger partial charge >= 0.3 is 5.97 Å². The van der Waals surface area contributed by atoms with Crippen molar-refractivity contribution in [2.45, 2.75) is 71.9 Å². The van der Waals surface area contributed by atoms with Gasteiger partial charge in [-0.3, -0.25) is 4.79 Å². The van der Waals surface area contributed by atoms with E-state index in [-0.39, 0.29) is 19.2 Å². The number of esters is 1. The zero-order valence-electron chi connectivity index (χ0n) is 17.6. The maximum atomic E-state index is 11.5. The Morgan fingerprint density at radius 2 is 1.86 bits per heavy atom. The van der Waals surface area contributed by atoms with Crippen LogP contribution in [0, 0.1) is 20.8 Å². The van der Waals surface area contributed by atoms with Crippen molar-refractivity contribution >= 4 is 23.2 Å². The van der Waals surface area contributed by atoms with Gasteiger partial charge in [-0.2, -0.15) is 0 Å². The topological polar surface area (TPSA) is 88.0 Å². The highest BCUT2D eigenvalue weighted by Gasteiger charge is 2.37. The van der Waals surface area contributed by atoms with E-state index >= 15 is 0 Å². The summed E-state index contributed by atoms with van der Waals surface area (Å²) in [7, 11) is 0. The van der Waals surface area contributed by atoms with Crippen molar-refractivity contribution in [2.24, 2.45) is 0 Å². The monoisotopic (exact) mass is 409 g/mol. The second-order valence-electron chi connectivity index (χ2n) is 8.26. The van der Waals surface area contributed by atoms with E-state index in [1.54, 1.807) is 6.92 Å². The molecule has 1 heterocycles. The number of nitrogens with one attached hydrogen (secondary N) is 1. The molecule has 1 aromatic rings. The normalized spacial score (nSPS) is 18.9. The average Bonchev–Trinajstić information content (AvgIpc) is 2.62. The number of rotatable bonds is 6. The van der Waals surface area contributed by atoms with Crippen LogP contribution in [0.1, 0.15) is 55.9 Å². The molecule has 7 heteroatoms. The first-order valence-corrected chi connectivity index (χ1v) is 9.89. The second-order valence-corrected chi connectivity index (χ2v) is 8.75. The smallest absolute Gasteiger partial charge is 0.308 e. The van der Waals surface area contributed by atoms with Gasteiger partial charge in [0.1, 0.15) is 17.1 Å². The van der Waals surface area contributed by atoms with Gasteiger partial charge < -0.3 is 25.0 Å². The van der Waals surface area contributed by atoms with Crippen molar-refractivity contribution in [2.75, 3.05) is 13.2 Å². The molecule has 0 fully saturated rings. The fourth-order valence-corrected chi connectivity index (χ4v) is 4.10. The number of hydrogen-bond acceptors (Lipinski definition) is 6. The van der Waals surface area contributed by atoms with Crippen molar-refractivity contribution in [1.29, 1.82) is 0 Å². The van der Waals surface area contributed by atoms with E-state index in [2.05, 4.69) is 5.32 Å². The molecular formula is C21H31NO5S. The van der Waals surface area contributed by atoms with Crippen LogP contribution in [0.4, 0.5) is 0 Å². The van der Waals surface area contributed by atoms with Crippen molar-refractivity contribution in [3.05, 3.63) is 22.3 Å². The SMILES string of the molecule is CC(=O)Oc1c(C)c(C)c2c(c1C)CCC(C)(CC(=S)NC(C)(CO)CO)O2. The lowest BCUT2D eigenvalue weighted by Crippen LogP contribution is -2.53. The van der Waals surface area contributed by atoms with Gasteiger partial charge in [0.05, 0.1) is 23.7 Å². The summed E-state index contributed by atoms with van der Waals surface area (Å²) in [6.07, 6.45) is 2.01. The van der Waals surface area contributed by atoms with Crippen LogP contribution in [0.5, 0.6) is 11.5 Å². The zero-order valence-corrected chi connectivity index (χ0v) is 18.4. The van der Waals surface area contributed by atoms with E-state index in [1.165, 1.54) is 6.92 Å². The van der Waals surface area contributed by atoms with E-state index in [0.29, 0.717) is 17.2 Å². The first kappa shape index (κ1) is 22.6. The van der Waals surface area contributed by atoms with Crippen LogP contribution in [0.25, 0.3) is 0 Å². The number of carbonyl (C=O) groups excluding carboxylic acids is 1. The third-order valence-electron chi connectivity index (χ3n) is 5.48. The molecule has 0 saturated heterocycles. The van der Waals surface area contributed by atoms with Crippen LogP contribution in [-0.2, 0) is 11.2 Å². The van der Waals surface area contributed by atoms with E-state index in [0.717, 1.165) is 40.8 Å². The van der Waals surface area contributed by atoms with Gasteiger partial charge in [0, 0.05) is 18.9 Å². The van der Waals surface area contributed by atoms with Crippen LogP contribution in [0.3, 0.4) is 0 Å². The first-order valence-electron chi connectivity index (χ1n) is 9.48. The summed E-state index contributed by atoms with van der Waals surface area (Å²) in [6, 6.07) is 0. The number of benzene rings is 1. The highest BCUT2D eigenvalue weighted by molar-refractivity contribution is 7.80. The summed E-state index contributed by atoms with van der Waals surface area (Å²) < 4.78 is 11.9. The number of ether oxygens (including phenoxy) is 2. The highest BCUT2D eigenvalue weighted by atomic mass is 32.1. The Kier molecular flexibility index (Phi) is 6.74. The second kappa shape index (κ2) is 8.35. The Labute approximate surface area is 172 Å². The summed E-state index contributed by atoms with van der Waals surface area (Å²) in [6.45, 7) is 10.5. The minimum absolute atomic E-state index is 0.222. The van der Waals surface area contributed by atoms with Gasteiger partial charge in [-0.05, 0) is 64.2 Å². The van der Waals surface area contributed by atoms with Crippen LogP contribution in [0.15, 0.2) is 0 Å². The fraction of sp³-hybridized carbons (Fsp3) is 0.619. The Hall–Kier alpha value is -1.70. The average molecular weight is 410 g/mol. The molecule has 0 aliphatic carbocycles. The molecule has 0 bridgehead atoms. The molecule has 1 atom stereocenters. The van der Waals surface area contributed by atoms with E-state index in [1.807, 2.05) is 27.7 Å². The van der Waals surface area contributed by atoms with Gasteiger partial charge in [0.25, 0.3) is 0 Å². The Morgan fingerprint density at radius 1 is 1.25 bits per heavy atom. The minimum atomic E-state index is -0.859. The molecular weight excluding hydrogens is 378 g/mol. The maximum Gasteiger partial charge on any atom is 0.308 e. The van der Waals surface area contributed by atoms with Crippen molar-refractivity contribution in [1.82, 2.24) is 5.32 Å². The van der Waals surface area contributed by atoms with Gasteiger partial charge in [-0.25, -0.2) is 0 Å². The molecule has 1 aliphatic rings. The third kappa shape index (κ3) is 4.64. The highest BCUT2D eigenvalue weighted by Crippen LogP contribution is 2.44. The lowest BCUT2D eigenvalue weighted by molar-refractivity contribution is -0.132. The van der Waals surface area contributed by atoms with Gasteiger partial charge in [-0.1, -0.05) is 12.2 Å². The van der Waals surface area contributed by atoms with Crippen molar-refractivity contribution in [3.8, 4) is 11.5 Å². The molecule has 0 spiro atoms. The molecule has 1 unspecified atom stereocenters. The molecule has 0 aromatic heterocycles. The predicted molar refractivity (Wildman–Crippen MR) is 112 cm³/mol. The van der Waals surface area contributed by atoms with Crippen molar-refractivity contribution < 1.29 is 24.5 Å². The molecule has 1 aromatic carbocycles. The first-order chi connectivity index (χ1) is 12.9. The van der Waals surface area contributed by atoms with E-state index in [4.69, 9.17) is 21.7 Å². The molecule has 1 aliphatic heterocycles. The van der Waals surface area contributed by atoms with E-state index < -0.39 is 11.1 Å². The summed E-state index contributed by atoms with van der Waals surface area (Å²) in [5.74, 6) is 1.11. The van der Waals surface area contributed by atoms with Crippen LogP contribution in [-0.4, -0.2) is 45.5 Å². The molecule has 6 nitrogen and oxygen atoms in total. The number of carbonyl (C=O) groups is 1. The number of fused-ring (bicyclic) bond motifs is 1. The largest absolute Gasteiger partial charge is 0.487 e. The minimum Gasteiger partial charge on any atom is -0.487 e. The lowest BCUT2D eigenvalue weighted by Gasteiger charge is -2.39. The third-order valence-corrected chi connectivity index (χ3v) is 5.73. The fourth-order valence-electron chi connectivity index (χ4n) is 3.55. The number of aliphatic hydroxyl groups is 2.